The Morgan fingerprint density at radius 1 is 1.50 bits per heavy atom. The second kappa shape index (κ2) is 7.33. The third-order valence-corrected chi connectivity index (χ3v) is 3.33. The topological polar surface area (TPSA) is 55.2 Å². The molecule has 1 rings (SSSR count). The number of hydrogen-bond donors (Lipinski definition) is 1. The van der Waals surface area contributed by atoms with Crippen molar-refractivity contribution in [2.24, 2.45) is 5.92 Å². The van der Waals surface area contributed by atoms with Gasteiger partial charge in [0.05, 0.1) is 11.0 Å². The van der Waals surface area contributed by atoms with E-state index in [2.05, 4.69) is 12.2 Å². The molecule has 1 atom stereocenters. The summed E-state index contributed by atoms with van der Waals surface area (Å²) in [6.45, 7) is 3.37. The van der Waals surface area contributed by atoms with Gasteiger partial charge in [-0.2, -0.15) is 11.8 Å². The lowest BCUT2D eigenvalue weighted by atomic mass is 10.1. The van der Waals surface area contributed by atoms with Crippen LogP contribution in [0.15, 0.2) is 18.2 Å². The maximum absolute atomic E-state index is 13.2. The van der Waals surface area contributed by atoms with Crippen LogP contribution < -0.4 is 5.32 Å². The lowest BCUT2D eigenvalue weighted by molar-refractivity contribution is -0.385. The SMILES string of the molecule is CSCC(C)CNCc1cc(F)cc([N+](=O)[O-])c1. The molecule has 1 N–H and O–H groups in total. The van der Waals surface area contributed by atoms with E-state index in [9.17, 15) is 14.5 Å². The minimum atomic E-state index is -0.580. The smallest absolute Gasteiger partial charge is 0.272 e. The highest BCUT2D eigenvalue weighted by atomic mass is 32.2. The molecule has 0 bridgehead atoms. The fourth-order valence-electron chi connectivity index (χ4n) is 1.65. The number of rotatable bonds is 7. The minimum Gasteiger partial charge on any atom is -0.312 e. The summed E-state index contributed by atoms with van der Waals surface area (Å²) < 4.78 is 13.2. The van der Waals surface area contributed by atoms with Crippen molar-refractivity contribution in [3.63, 3.8) is 0 Å². The summed E-state index contributed by atoms with van der Waals surface area (Å²) in [5.74, 6) is 0.998. The van der Waals surface area contributed by atoms with Gasteiger partial charge >= 0.3 is 0 Å². The standard InChI is InChI=1S/C12H17FN2O2S/c1-9(8-18-2)6-14-7-10-3-11(13)5-12(4-10)15(16)17/h3-5,9,14H,6-8H2,1-2H3. The first kappa shape index (κ1) is 14.9. The van der Waals surface area contributed by atoms with Gasteiger partial charge in [0.1, 0.15) is 5.82 Å². The molecule has 0 saturated carbocycles. The summed E-state index contributed by atoms with van der Waals surface area (Å²) in [6, 6.07) is 3.65. The van der Waals surface area contributed by atoms with Crippen LogP contribution in [0, 0.1) is 21.8 Å². The molecule has 1 aromatic rings. The molecule has 0 saturated heterocycles. The second-order valence-electron chi connectivity index (χ2n) is 4.27. The molecule has 6 heteroatoms. The van der Waals surface area contributed by atoms with Crippen molar-refractivity contribution in [3.05, 3.63) is 39.7 Å². The minimum absolute atomic E-state index is 0.205. The molecule has 0 aliphatic heterocycles. The van der Waals surface area contributed by atoms with Crippen LogP contribution in [0.5, 0.6) is 0 Å². The van der Waals surface area contributed by atoms with E-state index in [1.165, 1.54) is 12.1 Å². The van der Waals surface area contributed by atoms with Gasteiger partial charge in [-0.05, 0) is 36.1 Å². The number of nitrogens with zero attached hydrogens (tertiary/aromatic N) is 1. The van der Waals surface area contributed by atoms with Crippen LogP contribution in [0.3, 0.4) is 0 Å². The summed E-state index contributed by atoms with van der Waals surface area (Å²) in [5.41, 5.74) is 0.391. The van der Waals surface area contributed by atoms with Gasteiger partial charge in [0.25, 0.3) is 5.69 Å². The number of non-ortho nitro benzene ring substituents is 1. The van der Waals surface area contributed by atoms with Gasteiger partial charge < -0.3 is 5.32 Å². The highest BCUT2D eigenvalue weighted by Crippen LogP contribution is 2.16. The molecule has 0 fully saturated rings. The fourth-order valence-corrected chi connectivity index (χ4v) is 2.33. The Hall–Kier alpha value is -1.14. The van der Waals surface area contributed by atoms with Crippen LogP contribution in [-0.2, 0) is 6.54 Å². The molecule has 18 heavy (non-hydrogen) atoms. The molecule has 0 spiro atoms. The highest BCUT2D eigenvalue weighted by molar-refractivity contribution is 7.98. The molecular weight excluding hydrogens is 255 g/mol. The van der Waals surface area contributed by atoms with Crippen molar-refractivity contribution in [1.29, 1.82) is 0 Å². The predicted molar refractivity (Wildman–Crippen MR) is 72.3 cm³/mol. The molecule has 0 aromatic heterocycles. The number of nitrogens with one attached hydrogen (secondary N) is 1. The van der Waals surface area contributed by atoms with Crippen molar-refractivity contribution in [2.75, 3.05) is 18.6 Å². The van der Waals surface area contributed by atoms with Gasteiger partial charge in [-0.3, -0.25) is 10.1 Å². The molecule has 0 radical (unpaired) electrons. The summed E-state index contributed by atoms with van der Waals surface area (Å²) in [6.07, 6.45) is 2.05. The van der Waals surface area contributed by atoms with Crippen molar-refractivity contribution in [2.45, 2.75) is 13.5 Å². The normalized spacial score (nSPS) is 12.4. The van der Waals surface area contributed by atoms with E-state index in [0.717, 1.165) is 18.4 Å². The van der Waals surface area contributed by atoms with Gasteiger partial charge in [-0.25, -0.2) is 4.39 Å². The molecule has 4 nitrogen and oxygen atoms in total. The molecule has 100 valence electrons. The maximum atomic E-state index is 13.2. The van der Waals surface area contributed by atoms with Gasteiger partial charge in [0, 0.05) is 12.6 Å². The van der Waals surface area contributed by atoms with E-state index in [0.29, 0.717) is 18.0 Å². The van der Waals surface area contributed by atoms with E-state index >= 15 is 0 Å². The first-order chi connectivity index (χ1) is 8.52. The average molecular weight is 272 g/mol. The zero-order valence-corrected chi connectivity index (χ0v) is 11.3. The predicted octanol–water partition coefficient (Wildman–Crippen LogP) is 2.82. The third-order valence-electron chi connectivity index (χ3n) is 2.43. The van der Waals surface area contributed by atoms with Crippen LogP contribution in [0.1, 0.15) is 12.5 Å². The highest BCUT2D eigenvalue weighted by Gasteiger charge is 2.09. The largest absolute Gasteiger partial charge is 0.312 e. The van der Waals surface area contributed by atoms with Gasteiger partial charge in [-0.15, -0.1) is 0 Å². The average Bonchev–Trinajstić information content (AvgIpc) is 2.28. The zero-order valence-electron chi connectivity index (χ0n) is 10.5. The van der Waals surface area contributed by atoms with Crippen molar-refractivity contribution in [1.82, 2.24) is 5.32 Å². The Balaban J connectivity index is 2.54. The van der Waals surface area contributed by atoms with E-state index < -0.39 is 10.7 Å². The van der Waals surface area contributed by atoms with Gasteiger partial charge in [0.15, 0.2) is 0 Å². The van der Waals surface area contributed by atoms with Gasteiger partial charge in [0.2, 0.25) is 0 Å². The lowest BCUT2D eigenvalue weighted by Crippen LogP contribution is -2.22. The Morgan fingerprint density at radius 3 is 2.83 bits per heavy atom. The molecule has 1 unspecified atom stereocenters. The summed E-state index contributed by atoms with van der Waals surface area (Å²) in [7, 11) is 0. The molecule has 0 heterocycles. The lowest BCUT2D eigenvalue weighted by Gasteiger charge is -2.11. The number of hydrogen-bond acceptors (Lipinski definition) is 4. The number of halogens is 1. The van der Waals surface area contributed by atoms with Crippen molar-refractivity contribution < 1.29 is 9.31 Å². The first-order valence-corrected chi connectivity index (χ1v) is 7.06. The van der Waals surface area contributed by atoms with Gasteiger partial charge in [-0.1, -0.05) is 6.92 Å². The monoisotopic (exact) mass is 272 g/mol. The first-order valence-electron chi connectivity index (χ1n) is 5.66. The Kier molecular flexibility index (Phi) is 6.07. The Morgan fingerprint density at radius 2 is 2.22 bits per heavy atom. The van der Waals surface area contributed by atoms with E-state index in [1.54, 1.807) is 11.8 Å². The summed E-state index contributed by atoms with van der Waals surface area (Å²) in [4.78, 5) is 10.0. The maximum Gasteiger partial charge on any atom is 0.272 e. The fraction of sp³-hybridized carbons (Fsp3) is 0.500. The molecule has 0 aliphatic carbocycles. The Bertz CT molecular complexity index is 415. The molecule has 1 aromatic carbocycles. The zero-order chi connectivity index (χ0) is 13.5. The van der Waals surface area contributed by atoms with Crippen LogP contribution >= 0.6 is 11.8 Å². The second-order valence-corrected chi connectivity index (χ2v) is 5.18. The van der Waals surface area contributed by atoms with Crippen molar-refractivity contribution in [3.8, 4) is 0 Å². The van der Waals surface area contributed by atoms with Crippen LogP contribution in [0.2, 0.25) is 0 Å². The molecule has 0 aliphatic rings. The van der Waals surface area contributed by atoms with E-state index in [1.807, 2.05) is 6.26 Å². The summed E-state index contributed by atoms with van der Waals surface area (Å²) >= 11 is 1.78. The molecule has 0 amide bonds. The number of thioether (sulfide) groups is 1. The van der Waals surface area contributed by atoms with Crippen LogP contribution in [-0.4, -0.2) is 23.5 Å². The number of nitro benzene ring substituents is 1. The van der Waals surface area contributed by atoms with E-state index in [4.69, 9.17) is 0 Å². The summed E-state index contributed by atoms with van der Waals surface area (Å²) in [5, 5.41) is 13.8. The quantitative estimate of drug-likeness (QED) is 0.612. The third kappa shape index (κ3) is 5.01. The molecular formula is C12H17FN2O2S. The number of benzene rings is 1. The number of nitro groups is 1. The van der Waals surface area contributed by atoms with Crippen LogP contribution in [0.25, 0.3) is 0 Å². The van der Waals surface area contributed by atoms with Crippen molar-refractivity contribution >= 4 is 17.4 Å². The van der Waals surface area contributed by atoms with Crippen LogP contribution in [0.4, 0.5) is 10.1 Å². The Labute approximate surface area is 110 Å². The van der Waals surface area contributed by atoms with E-state index in [-0.39, 0.29) is 5.69 Å².